The number of benzene rings is 1. The summed E-state index contributed by atoms with van der Waals surface area (Å²) in [4.78, 5) is 0. The Morgan fingerprint density at radius 1 is 0.870 bits per heavy atom. The third-order valence-corrected chi connectivity index (χ3v) is 4.29. The second kappa shape index (κ2) is 9.87. The van der Waals surface area contributed by atoms with E-state index < -0.39 is 0 Å². The van der Waals surface area contributed by atoms with E-state index in [1.165, 1.54) is 17.4 Å². The average molecular weight is 345 g/mol. The van der Waals surface area contributed by atoms with E-state index >= 15 is 0 Å². The van der Waals surface area contributed by atoms with Crippen LogP contribution in [0.15, 0.2) is 30.3 Å². The molecule has 0 heterocycles. The third kappa shape index (κ3) is 5.62. The van der Waals surface area contributed by atoms with Gasteiger partial charge in [0.05, 0.1) is 0 Å². The molecule has 1 aromatic carbocycles. The van der Waals surface area contributed by atoms with Gasteiger partial charge < -0.3 is 5.32 Å². The summed E-state index contributed by atoms with van der Waals surface area (Å²) in [6.07, 6.45) is 19.6. The molecule has 0 amide bonds. The van der Waals surface area contributed by atoms with E-state index in [2.05, 4.69) is 93.9 Å². The topological polar surface area (TPSA) is 12.0 Å². The molecule has 2 heteroatoms. The van der Waals surface area contributed by atoms with Crippen molar-refractivity contribution >= 4 is 0 Å². The first-order valence-corrected chi connectivity index (χ1v) is 8.06. The van der Waals surface area contributed by atoms with Gasteiger partial charge in [-0.2, -0.15) is 0 Å². The van der Waals surface area contributed by atoms with Gasteiger partial charge in [-0.05, 0) is 82.6 Å². The molecule has 1 nitrogen and oxygen atoms in total. The Balaban J connectivity index is 0.00000192. The first kappa shape index (κ1) is 19.0. The zero-order valence-electron chi connectivity index (χ0n) is 13.4. The van der Waals surface area contributed by atoms with Gasteiger partial charge in [0.1, 0.15) is 0 Å². The molecule has 2 fully saturated rings. The fourth-order valence-electron chi connectivity index (χ4n) is 3.00. The minimum atomic E-state index is 0. The van der Waals surface area contributed by atoms with E-state index in [-0.39, 0.29) is 17.1 Å². The van der Waals surface area contributed by atoms with Crippen LogP contribution in [0, 0.1) is 63.2 Å². The molecule has 2 aliphatic carbocycles. The quantitative estimate of drug-likeness (QED) is 0.727. The van der Waals surface area contributed by atoms with Gasteiger partial charge in [-0.15, -0.1) is 0 Å². The molecule has 2 saturated carbocycles. The number of nitrogens with one attached hydrogen (secondary N) is 1. The van der Waals surface area contributed by atoms with Crippen LogP contribution in [-0.2, 0) is 17.1 Å². The Hall–Kier alpha value is -0.301. The van der Waals surface area contributed by atoms with Crippen LogP contribution in [0.5, 0.6) is 0 Å². The maximum absolute atomic E-state index is 3.80. The van der Waals surface area contributed by atoms with Crippen molar-refractivity contribution in [3.8, 4) is 0 Å². The standard InChI is InChI=1S/C21H23N.Fe/c1-17(19-11-3-2-4-12-19)22-21(20-13-7-8-14-20)16-15-18-9-5-6-10-18;/h2-14,17,21-22H,15-16H2,1H3;/q;+2/t17-,21+;/m0./s1. The number of hydrogen-bond donors (Lipinski definition) is 1. The third-order valence-electron chi connectivity index (χ3n) is 4.29. The molecular weight excluding hydrogens is 322 g/mol. The zero-order chi connectivity index (χ0) is 15.2. The van der Waals surface area contributed by atoms with Gasteiger partial charge in [-0.1, -0.05) is 30.3 Å². The Morgan fingerprint density at radius 2 is 1.48 bits per heavy atom. The van der Waals surface area contributed by atoms with Gasteiger partial charge in [-0.3, -0.25) is 0 Å². The van der Waals surface area contributed by atoms with Crippen LogP contribution in [0.2, 0.25) is 0 Å². The first-order chi connectivity index (χ1) is 10.8. The fourth-order valence-corrected chi connectivity index (χ4v) is 3.00. The summed E-state index contributed by atoms with van der Waals surface area (Å²) < 4.78 is 0. The maximum atomic E-state index is 3.80. The van der Waals surface area contributed by atoms with E-state index in [9.17, 15) is 0 Å². The van der Waals surface area contributed by atoms with E-state index in [0.717, 1.165) is 12.8 Å². The van der Waals surface area contributed by atoms with Gasteiger partial charge in [-0.25, -0.2) is 0 Å². The van der Waals surface area contributed by atoms with E-state index in [1.54, 1.807) is 0 Å². The molecule has 0 spiro atoms. The SMILES string of the molecule is C[C@H](N[C@H](CC[C]1[CH][CH][CH][CH]1)[C]1[CH][CH][CH][CH]1)c1ccccc1.[Fe+2]. The summed E-state index contributed by atoms with van der Waals surface area (Å²) in [7, 11) is 0. The van der Waals surface area contributed by atoms with Crippen LogP contribution in [0.4, 0.5) is 0 Å². The smallest absolute Gasteiger partial charge is 0.307 e. The van der Waals surface area contributed by atoms with Crippen molar-refractivity contribution in [2.45, 2.75) is 31.8 Å². The van der Waals surface area contributed by atoms with E-state index in [1.807, 2.05) is 0 Å². The van der Waals surface area contributed by atoms with E-state index in [0.29, 0.717) is 12.1 Å². The number of hydrogen-bond acceptors (Lipinski definition) is 1. The maximum Gasteiger partial charge on any atom is 2.00 e. The van der Waals surface area contributed by atoms with Crippen molar-refractivity contribution in [2.24, 2.45) is 0 Å². The molecule has 0 aliphatic heterocycles. The molecule has 118 valence electrons. The molecule has 10 radical (unpaired) electrons. The van der Waals surface area contributed by atoms with Gasteiger partial charge in [0, 0.05) is 18.0 Å². The molecule has 0 saturated heterocycles. The molecule has 1 aromatic rings. The van der Waals surface area contributed by atoms with Gasteiger partial charge in [0.2, 0.25) is 0 Å². The zero-order valence-corrected chi connectivity index (χ0v) is 14.5. The minimum absolute atomic E-state index is 0. The summed E-state index contributed by atoms with van der Waals surface area (Å²) >= 11 is 0. The summed E-state index contributed by atoms with van der Waals surface area (Å²) in [6.45, 7) is 2.24. The average Bonchev–Trinajstić information content (AvgIpc) is 3.25. The fraction of sp³-hybridized carbons (Fsp3) is 0.238. The molecular formula is C21H23FeN+2. The molecule has 0 bridgehead atoms. The van der Waals surface area contributed by atoms with Crippen LogP contribution >= 0.6 is 0 Å². The Labute approximate surface area is 153 Å². The second-order valence-electron chi connectivity index (χ2n) is 5.90. The number of rotatable bonds is 7. The molecule has 3 rings (SSSR count). The predicted octanol–water partition coefficient (Wildman–Crippen LogP) is 4.29. The van der Waals surface area contributed by atoms with E-state index in [4.69, 9.17) is 0 Å². The van der Waals surface area contributed by atoms with Gasteiger partial charge in [0.25, 0.3) is 0 Å². The van der Waals surface area contributed by atoms with Crippen LogP contribution in [0.3, 0.4) is 0 Å². The van der Waals surface area contributed by atoms with Crippen molar-refractivity contribution in [2.75, 3.05) is 0 Å². The monoisotopic (exact) mass is 345 g/mol. The van der Waals surface area contributed by atoms with Gasteiger partial charge >= 0.3 is 17.1 Å². The van der Waals surface area contributed by atoms with Crippen LogP contribution in [-0.4, -0.2) is 6.04 Å². The molecule has 1 N–H and O–H groups in total. The summed E-state index contributed by atoms with van der Waals surface area (Å²) in [5, 5.41) is 3.80. The molecule has 2 atom stereocenters. The first-order valence-electron chi connectivity index (χ1n) is 8.06. The van der Waals surface area contributed by atoms with Crippen LogP contribution < -0.4 is 5.32 Å². The Kier molecular flexibility index (Phi) is 8.16. The summed E-state index contributed by atoms with van der Waals surface area (Å²) in [5.41, 5.74) is 1.34. The summed E-state index contributed by atoms with van der Waals surface area (Å²) in [6, 6.07) is 11.4. The van der Waals surface area contributed by atoms with Crippen molar-refractivity contribution in [1.82, 2.24) is 5.32 Å². The van der Waals surface area contributed by atoms with Crippen LogP contribution in [0.25, 0.3) is 0 Å². The molecule has 2 aliphatic rings. The van der Waals surface area contributed by atoms with Crippen LogP contribution in [0.1, 0.15) is 31.4 Å². The minimum Gasteiger partial charge on any atom is -0.307 e. The molecule has 0 aromatic heterocycles. The van der Waals surface area contributed by atoms with Crippen molar-refractivity contribution < 1.29 is 17.1 Å². The van der Waals surface area contributed by atoms with Crippen molar-refractivity contribution in [1.29, 1.82) is 0 Å². The van der Waals surface area contributed by atoms with Crippen molar-refractivity contribution in [3.05, 3.63) is 99.1 Å². The van der Waals surface area contributed by atoms with Crippen molar-refractivity contribution in [3.63, 3.8) is 0 Å². The Morgan fingerprint density at radius 3 is 2.13 bits per heavy atom. The van der Waals surface area contributed by atoms with Gasteiger partial charge in [0.15, 0.2) is 0 Å². The second-order valence-corrected chi connectivity index (χ2v) is 5.90. The Bertz CT molecular complexity index is 421. The predicted molar refractivity (Wildman–Crippen MR) is 91.9 cm³/mol. The normalized spacial score (nSPS) is 22.0. The molecule has 0 unspecified atom stereocenters. The molecule has 23 heavy (non-hydrogen) atoms. The largest absolute Gasteiger partial charge is 2.00 e. The summed E-state index contributed by atoms with van der Waals surface area (Å²) in [5.74, 6) is 2.81.